The first-order valence-corrected chi connectivity index (χ1v) is 8.79. The molecule has 0 saturated carbocycles. The molecule has 134 valence electrons. The average Bonchev–Trinajstić information content (AvgIpc) is 3.06. The van der Waals surface area contributed by atoms with Gasteiger partial charge in [-0.3, -0.25) is 9.69 Å². The maximum atomic E-state index is 12.3. The number of hydrogen-bond acceptors (Lipinski definition) is 5. The summed E-state index contributed by atoms with van der Waals surface area (Å²) in [5, 5.41) is 15.2. The van der Waals surface area contributed by atoms with E-state index in [1.54, 1.807) is 0 Å². The van der Waals surface area contributed by atoms with Crippen molar-refractivity contribution in [2.24, 2.45) is 0 Å². The highest BCUT2D eigenvalue weighted by Crippen LogP contribution is 2.17. The third kappa shape index (κ3) is 4.42. The number of tetrazole rings is 1. The average molecular weight is 342 g/mol. The molecule has 1 saturated heterocycles. The molecule has 2 heterocycles. The van der Waals surface area contributed by atoms with Gasteiger partial charge in [0.25, 0.3) is 5.91 Å². The van der Waals surface area contributed by atoms with Crippen LogP contribution in [-0.4, -0.2) is 50.1 Å². The van der Waals surface area contributed by atoms with Crippen molar-refractivity contribution >= 4 is 5.91 Å². The number of nitrogens with zero attached hydrogens (tertiary/aromatic N) is 5. The van der Waals surface area contributed by atoms with Gasteiger partial charge in [-0.05, 0) is 56.2 Å². The van der Waals surface area contributed by atoms with E-state index in [0.29, 0.717) is 5.56 Å². The zero-order chi connectivity index (χ0) is 17.9. The summed E-state index contributed by atoms with van der Waals surface area (Å²) in [4.78, 5) is 14.6. The second kappa shape index (κ2) is 7.31. The van der Waals surface area contributed by atoms with Gasteiger partial charge in [0, 0.05) is 24.7 Å². The number of hydrogen-bond donors (Lipinski definition) is 1. The molecule has 1 aromatic carbocycles. The number of benzene rings is 1. The molecule has 0 aliphatic carbocycles. The summed E-state index contributed by atoms with van der Waals surface area (Å²) >= 11 is 0. The number of rotatable bonds is 4. The Labute approximate surface area is 148 Å². The van der Waals surface area contributed by atoms with Crippen LogP contribution in [-0.2, 0) is 12.1 Å². The molecular weight excluding hydrogens is 316 g/mol. The molecule has 1 N–H and O–H groups in total. The Kier molecular flexibility index (Phi) is 5.13. The lowest BCUT2D eigenvalue weighted by molar-refractivity contribution is 0.0906. The molecule has 1 aromatic heterocycles. The minimum absolute atomic E-state index is 0.00993. The van der Waals surface area contributed by atoms with Crippen LogP contribution in [0.1, 0.15) is 49.8 Å². The summed E-state index contributed by atoms with van der Waals surface area (Å²) in [6.07, 6.45) is 1.88. The van der Waals surface area contributed by atoms with E-state index in [1.165, 1.54) is 0 Å². The molecule has 3 rings (SSSR count). The van der Waals surface area contributed by atoms with Gasteiger partial charge in [-0.15, -0.1) is 5.10 Å². The molecule has 7 heteroatoms. The van der Waals surface area contributed by atoms with Gasteiger partial charge < -0.3 is 5.32 Å². The van der Waals surface area contributed by atoms with Gasteiger partial charge in [0.15, 0.2) is 5.82 Å². The first kappa shape index (κ1) is 17.5. The fraction of sp³-hybridized carbons (Fsp3) is 0.556. The third-order valence-corrected chi connectivity index (χ3v) is 4.49. The van der Waals surface area contributed by atoms with E-state index < -0.39 is 0 Å². The van der Waals surface area contributed by atoms with E-state index in [4.69, 9.17) is 0 Å². The predicted octanol–water partition coefficient (Wildman–Crippen LogP) is 1.82. The summed E-state index contributed by atoms with van der Waals surface area (Å²) in [5.74, 6) is 0.898. The lowest BCUT2D eigenvalue weighted by Crippen LogP contribution is -2.44. The summed E-state index contributed by atoms with van der Waals surface area (Å²) < 4.78 is 1.89. The Morgan fingerprint density at radius 3 is 2.52 bits per heavy atom. The molecule has 2 aromatic rings. The number of amides is 1. The summed E-state index contributed by atoms with van der Waals surface area (Å²) in [6.45, 7) is 8.88. The van der Waals surface area contributed by atoms with E-state index in [1.807, 2.05) is 35.0 Å². The van der Waals surface area contributed by atoms with Crippen LogP contribution in [0.15, 0.2) is 30.3 Å². The van der Waals surface area contributed by atoms with Crippen molar-refractivity contribution in [1.29, 1.82) is 0 Å². The summed E-state index contributed by atoms with van der Waals surface area (Å²) in [6, 6.07) is 9.60. The minimum atomic E-state index is -0.124. The van der Waals surface area contributed by atoms with Gasteiger partial charge in [0.05, 0.1) is 12.1 Å². The molecule has 0 atom stereocenters. The number of carbonyl (C=O) groups excluding carboxylic acids is 1. The maximum absolute atomic E-state index is 12.3. The minimum Gasteiger partial charge on any atom is -0.349 e. The molecule has 25 heavy (non-hydrogen) atoms. The van der Waals surface area contributed by atoms with Crippen LogP contribution in [0.3, 0.4) is 0 Å². The molecule has 0 unspecified atom stereocenters. The second-order valence-corrected chi connectivity index (χ2v) is 7.57. The molecule has 1 aliphatic heterocycles. The Hall–Kier alpha value is -2.28. The highest BCUT2D eigenvalue weighted by molar-refractivity contribution is 5.94. The van der Waals surface area contributed by atoms with Crippen molar-refractivity contribution in [3.8, 4) is 0 Å². The third-order valence-electron chi connectivity index (χ3n) is 4.49. The summed E-state index contributed by atoms with van der Waals surface area (Å²) in [5.41, 5.74) is 0.593. The Morgan fingerprint density at radius 1 is 1.20 bits per heavy atom. The van der Waals surface area contributed by atoms with E-state index in [2.05, 4.69) is 46.5 Å². The van der Waals surface area contributed by atoms with Crippen molar-refractivity contribution in [2.45, 2.75) is 51.7 Å². The normalized spacial score (nSPS) is 16.8. The van der Waals surface area contributed by atoms with Gasteiger partial charge in [0.2, 0.25) is 0 Å². The number of likely N-dealkylation sites (tertiary alicyclic amines) is 1. The molecule has 0 radical (unpaired) electrons. The SMILES string of the molecule is CC(C)(C)n1nnnc1CN1CCC(NC(=O)c2ccccc2)CC1. The first-order valence-electron chi connectivity index (χ1n) is 8.79. The Morgan fingerprint density at radius 2 is 1.88 bits per heavy atom. The van der Waals surface area contributed by atoms with Gasteiger partial charge >= 0.3 is 0 Å². The van der Waals surface area contributed by atoms with Gasteiger partial charge in [0.1, 0.15) is 0 Å². The van der Waals surface area contributed by atoms with Crippen molar-refractivity contribution in [3.63, 3.8) is 0 Å². The molecule has 0 spiro atoms. The lowest BCUT2D eigenvalue weighted by Gasteiger charge is -2.32. The monoisotopic (exact) mass is 342 g/mol. The van der Waals surface area contributed by atoms with Gasteiger partial charge in [-0.25, -0.2) is 4.68 Å². The number of nitrogens with one attached hydrogen (secondary N) is 1. The van der Waals surface area contributed by atoms with Crippen molar-refractivity contribution < 1.29 is 4.79 Å². The molecule has 1 fully saturated rings. The quantitative estimate of drug-likeness (QED) is 0.917. The second-order valence-electron chi connectivity index (χ2n) is 7.57. The molecule has 7 nitrogen and oxygen atoms in total. The molecule has 0 bridgehead atoms. The van der Waals surface area contributed by atoms with E-state index >= 15 is 0 Å². The van der Waals surface area contributed by atoms with Crippen LogP contribution in [0.5, 0.6) is 0 Å². The van der Waals surface area contributed by atoms with Crippen LogP contribution in [0.4, 0.5) is 0 Å². The molecular formula is C18H26N6O. The first-order chi connectivity index (χ1) is 11.9. The predicted molar refractivity (Wildman–Crippen MR) is 95.0 cm³/mol. The summed E-state index contributed by atoms with van der Waals surface area (Å²) in [7, 11) is 0. The van der Waals surface area contributed by atoms with Crippen molar-refractivity contribution in [3.05, 3.63) is 41.7 Å². The van der Waals surface area contributed by atoms with Crippen LogP contribution in [0, 0.1) is 0 Å². The topological polar surface area (TPSA) is 75.9 Å². The zero-order valence-corrected chi connectivity index (χ0v) is 15.1. The highest BCUT2D eigenvalue weighted by Gasteiger charge is 2.25. The highest BCUT2D eigenvalue weighted by atomic mass is 16.1. The Balaban J connectivity index is 1.51. The number of carbonyl (C=O) groups is 1. The van der Waals surface area contributed by atoms with E-state index in [0.717, 1.165) is 38.3 Å². The smallest absolute Gasteiger partial charge is 0.251 e. The zero-order valence-electron chi connectivity index (χ0n) is 15.1. The van der Waals surface area contributed by atoms with Gasteiger partial charge in [-0.2, -0.15) is 0 Å². The van der Waals surface area contributed by atoms with Crippen LogP contribution < -0.4 is 5.32 Å². The standard InChI is InChI=1S/C18H26N6O/c1-18(2,3)24-16(20-21-22-24)13-23-11-9-15(10-12-23)19-17(25)14-7-5-4-6-8-14/h4-8,15H,9-13H2,1-3H3,(H,19,25). The lowest BCUT2D eigenvalue weighted by atomic mass is 10.0. The van der Waals surface area contributed by atoms with Gasteiger partial charge in [-0.1, -0.05) is 18.2 Å². The molecule has 1 amide bonds. The number of aromatic nitrogens is 4. The largest absolute Gasteiger partial charge is 0.349 e. The van der Waals surface area contributed by atoms with Crippen LogP contribution in [0.25, 0.3) is 0 Å². The maximum Gasteiger partial charge on any atom is 0.251 e. The van der Waals surface area contributed by atoms with E-state index in [9.17, 15) is 4.79 Å². The Bertz CT molecular complexity index is 698. The fourth-order valence-corrected chi connectivity index (χ4v) is 3.12. The number of piperidine rings is 1. The van der Waals surface area contributed by atoms with Crippen molar-refractivity contribution in [2.75, 3.05) is 13.1 Å². The van der Waals surface area contributed by atoms with Crippen LogP contribution >= 0.6 is 0 Å². The van der Waals surface area contributed by atoms with Crippen molar-refractivity contribution in [1.82, 2.24) is 30.4 Å². The molecule has 1 aliphatic rings. The fourth-order valence-electron chi connectivity index (χ4n) is 3.12. The van der Waals surface area contributed by atoms with E-state index in [-0.39, 0.29) is 17.5 Å². The van der Waals surface area contributed by atoms with Crippen LogP contribution in [0.2, 0.25) is 0 Å².